The first-order valence-electron chi connectivity index (χ1n) is 7.45. The number of aryl methyl sites for hydroxylation is 1. The molecule has 0 amide bonds. The first kappa shape index (κ1) is 12.9. The Kier molecular flexibility index (Phi) is 4.02. The molecule has 0 bridgehead atoms. The quantitative estimate of drug-likeness (QED) is 0.901. The minimum atomic E-state index is -0.718. The van der Waals surface area contributed by atoms with Crippen LogP contribution in [0.4, 0.5) is 4.39 Å². The van der Waals surface area contributed by atoms with Crippen LogP contribution in [0.15, 0.2) is 18.2 Å². The maximum Gasteiger partial charge on any atom is 0.122 e. The average molecular weight is 263 g/mol. The molecule has 1 aromatic carbocycles. The van der Waals surface area contributed by atoms with Gasteiger partial charge in [0.2, 0.25) is 0 Å². The summed E-state index contributed by atoms with van der Waals surface area (Å²) in [5.41, 5.74) is 2.52. The highest BCUT2D eigenvalue weighted by Crippen LogP contribution is 2.27. The van der Waals surface area contributed by atoms with Crippen molar-refractivity contribution in [2.75, 3.05) is 13.2 Å². The van der Waals surface area contributed by atoms with E-state index >= 15 is 0 Å². The topological polar surface area (TPSA) is 21.3 Å². The van der Waals surface area contributed by atoms with Crippen molar-refractivity contribution >= 4 is 0 Å². The Morgan fingerprint density at radius 1 is 1.37 bits per heavy atom. The van der Waals surface area contributed by atoms with Crippen molar-refractivity contribution < 1.29 is 9.13 Å². The number of rotatable bonds is 4. The molecule has 1 aromatic rings. The molecule has 104 valence electrons. The van der Waals surface area contributed by atoms with Crippen LogP contribution in [-0.2, 0) is 12.8 Å². The van der Waals surface area contributed by atoms with Crippen molar-refractivity contribution in [1.29, 1.82) is 0 Å². The number of hydrogen-bond acceptors (Lipinski definition) is 2. The lowest BCUT2D eigenvalue weighted by Gasteiger charge is -2.26. The van der Waals surface area contributed by atoms with Gasteiger partial charge in [0.1, 0.15) is 11.9 Å². The molecule has 3 heteroatoms. The van der Waals surface area contributed by atoms with Gasteiger partial charge in [-0.1, -0.05) is 18.6 Å². The third-order valence-electron chi connectivity index (χ3n) is 4.25. The standard InChI is InChI=1S/C16H22FNO/c17-14(15-3-1-2-9-18-15)6-4-12-5-7-16-13(11-12)8-10-19-16/h5,7,11,14-15,18H,1-4,6,8-10H2. The summed E-state index contributed by atoms with van der Waals surface area (Å²) in [5.74, 6) is 1.01. The molecule has 2 heterocycles. The van der Waals surface area contributed by atoms with Crippen molar-refractivity contribution in [1.82, 2.24) is 5.32 Å². The molecule has 2 atom stereocenters. The number of benzene rings is 1. The summed E-state index contributed by atoms with van der Waals surface area (Å²) in [4.78, 5) is 0. The third-order valence-corrected chi connectivity index (χ3v) is 4.25. The van der Waals surface area contributed by atoms with E-state index in [1.807, 2.05) is 6.07 Å². The second-order valence-electron chi connectivity index (χ2n) is 5.65. The summed E-state index contributed by atoms with van der Waals surface area (Å²) in [5, 5.41) is 3.30. The summed E-state index contributed by atoms with van der Waals surface area (Å²) in [6, 6.07) is 6.37. The predicted octanol–water partition coefficient (Wildman–Crippen LogP) is 3.03. The van der Waals surface area contributed by atoms with Gasteiger partial charge in [0, 0.05) is 12.5 Å². The molecule has 19 heavy (non-hydrogen) atoms. The Morgan fingerprint density at radius 3 is 3.16 bits per heavy atom. The number of hydrogen-bond donors (Lipinski definition) is 1. The van der Waals surface area contributed by atoms with Gasteiger partial charge in [-0.25, -0.2) is 4.39 Å². The Balaban J connectivity index is 1.53. The highest BCUT2D eigenvalue weighted by Gasteiger charge is 2.22. The van der Waals surface area contributed by atoms with Crippen LogP contribution >= 0.6 is 0 Å². The van der Waals surface area contributed by atoms with E-state index in [1.165, 1.54) is 17.5 Å². The average Bonchev–Trinajstić information content (AvgIpc) is 2.93. The van der Waals surface area contributed by atoms with Gasteiger partial charge in [-0.15, -0.1) is 0 Å². The van der Waals surface area contributed by atoms with Gasteiger partial charge in [0.25, 0.3) is 0 Å². The fourth-order valence-corrected chi connectivity index (χ4v) is 3.09. The maximum absolute atomic E-state index is 14.2. The van der Waals surface area contributed by atoms with Gasteiger partial charge in [-0.05, 0) is 49.4 Å². The second-order valence-corrected chi connectivity index (χ2v) is 5.65. The van der Waals surface area contributed by atoms with Crippen molar-refractivity contribution in [3.63, 3.8) is 0 Å². The fourth-order valence-electron chi connectivity index (χ4n) is 3.09. The lowest BCUT2D eigenvalue weighted by molar-refractivity contribution is 0.207. The van der Waals surface area contributed by atoms with Crippen LogP contribution in [0.25, 0.3) is 0 Å². The Morgan fingerprint density at radius 2 is 2.32 bits per heavy atom. The van der Waals surface area contributed by atoms with Crippen molar-refractivity contribution in [3.05, 3.63) is 29.3 Å². The van der Waals surface area contributed by atoms with Gasteiger partial charge in [0.05, 0.1) is 6.61 Å². The van der Waals surface area contributed by atoms with E-state index in [4.69, 9.17) is 4.74 Å². The van der Waals surface area contributed by atoms with Crippen molar-refractivity contribution in [2.45, 2.75) is 50.7 Å². The zero-order valence-electron chi connectivity index (χ0n) is 11.3. The van der Waals surface area contributed by atoms with Crippen LogP contribution in [0.1, 0.15) is 36.8 Å². The number of nitrogens with one attached hydrogen (secondary N) is 1. The first-order chi connectivity index (χ1) is 9.33. The second kappa shape index (κ2) is 5.91. The smallest absolute Gasteiger partial charge is 0.122 e. The summed E-state index contributed by atoms with van der Waals surface area (Å²) < 4.78 is 19.7. The fraction of sp³-hybridized carbons (Fsp3) is 0.625. The van der Waals surface area contributed by atoms with Crippen LogP contribution < -0.4 is 10.1 Å². The zero-order valence-corrected chi connectivity index (χ0v) is 11.3. The van der Waals surface area contributed by atoms with Crippen LogP contribution in [0.3, 0.4) is 0 Å². The number of alkyl halides is 1. The van der Waals surface area contributed by atoms with Crippen LogP contribution in [0.2, 0.25) is 0 Å². The van der Waals surface area contributed by atoms with E-state index in [2.05, 4.69) is 17.4 Å². The molecule has 0 saturated carbocycles. The predicted molar refractivity (Wildman–Crippen MR) is 74.5 cm³/mol. The SMILES string of the molecule is FC(CCc1ccc2c(c1)CCO2)C1CCCCN1. The largest absolute Gasteiger partial charge is 0.493 e. The molecule has 1 N–H and O–H groups in total. The molecule has 2 aliphatic heterocycles. The molecule has 2 unspecified atom stereocenters. The molecule has 2 nitrogen and oxygen atoms in total. The summed E-state index contributed by atoms with van der Waals surface area (Å²) in [7, 11) is 0. The molecule has 1 saturated heterocycles. The Labute approximate surface area is 114 Å². The molecule has 1 fully saturated rings. The number of ether oxygens (including phenoxy) is 1. The summed E-state index contributed by atoms with van der Waals surface area (Å²) in [6.07, 6.45) is 5.06. The van der Waals surface area contributed by atoms with Crippen LogP contribution in [-0.4, -0.2) is 25.4 Å². The van der Waals surface area contributed by atoms with E-state index in [1.54, 1.807) is 0 Å². The molecule has 0 radical (unpaired) electrons. The highest BCUT2D eigenvalue weighted by molar-refractivity contribution is 5.39. The van der Waals surface area contributed by atoms with Crippen molar-refractivity contribution in [3.8, 4) is 5.75 Å². The molecule has 0 spiro atoms. The maximum atomic E-state index is 14.2. The third kappa shape index (κ3) is 3.08. The number of fused-ring (bicyclic) bond motifs is 1. The highest BCUT2D eigenvalue weighted by atomic mass is 19.1. The van der Waals surface area contributed by atoms with Gasteiger partial charge in [-0.2, -0.15) is 0 Å². The Hall–Kier alpha value is -1.09. The summed E-state index contributed by atoms with van der Waals surface area (Å²) in [6.45, 7) is 1.76. The van der Waals surface area contributed by atoms with Gasteiger partial charge >= 0.3 is 0 Å². The van der Waals surface area contributed by atoms with Gasteiger partial charge in [0.15, 0.2) is 0 Å². The van der Waals surface area contributed by atoms with Crippen LogP contribution in [0, 0.1) is 0 Å². The normalized spacial score (nSPS) is 23.7. The number of piperidine rings is 1. The van der Waals surface area contributed by atoms with E-state index in [-0.39, 0.29) is 6.04 Å². The van der Waals surface area contributed by atoms with E-state index in [0.29, 0.717) is 6.42 Å². The molecule has 3 rings (SSSR count). The zero-order chi connectivity index (χ0) is 13.1. The first-order valence-corrected chi connectivity index (χ1v) is 7.45. The van der Waals surface area contributed by atoms with E-state index in [0.717, 1.165) is 44.6 Å². The summed E-state index contributed by atoms with van der Waals surface area (Å²) >= 11 is 0. The lowest BCUT2D eigenvalue weighted by Crippen LogP contribution is -2.41. The molecular formula is C16H22FNO. The lowest BCUT2D eigenvalue weighted by atomic mass is 9.96. The minimum Gasteiger partial charge on any atom is -0.493 e. The van der Waals surface area contributed by atoms with E-state index in [9.17, 15) is 4.39 Å². The number of halogens is 1. The van der Waals surface area contributed by atoms with E-state index < -0.39 is 6.17 Å². The van der Waals surface area contributed by atoms with Gasteiger partial charge in [-0.3, -0.25) is 0 Å². The molecule has 2 aliphatic rings. The molecule has 0 aliphatic carbocycles. The Bertz CT molecular complexity index is 429. The van der Waals surface area contributed by atoms with Crippen molar-refractivity contribution in [2.24, 2.45) is 0 Å². The van der Waals surface area contributed by atoms with Crippen LogP contribution in [0.5, 0.6) is 5.75 Å². The molecular weight excluding hydrogens is 241 g/mol. The van der Waals surface area contributed by atoms with Gasteiger partial charge < -0.3 is 10.1 Å². The molecule has 0 aromatic heterocycles. The minimum absolute atomic E-state index is 0.0755. The monoisotopic (exact) mass is 263 g/mol.